The Labute approximate surface area is 170 Å². The van der Waals surface area contributed by atoms with Crippen LogP contribution >= 0.6 is 11.8 Å². The molecule has 0 aromatic carbocycles. The van der Waals surface area contributed by atoms with E-state index in [1.807, 2.05) is 6.26 Å². The highest BCUT2D eigenvalue weighted by Crippen LogP contribution is 2.12. The van der Waals surface area contributed by atoms with Gasteiger partial charge in [0.05, 0.1) is 6.54 Å². The molecule has 0 heterocycles. The third-order valence-electron chi connectivity index (χ3n) is 4.63. The molecule has 0 aliphatic carbocycles. The van der Waals surface area contributed by atoms with Crippen molar-refractivity contribution in [1.82, 2.24) is 10.6 Å². The standard InChI is InChI=1S/C21H40N2O3S/c1-3-4-5-6-7-8-9-10-11-12-13-14-20(25)23-19(15-18-27-2)21(26)22-16-17-24/h17,19H,3-16,18H2,1-2H3,(H,22,26)(H,23,25)/t19-/m0/s1. The van der Waals surface area contributed by atoms with Crippen LogP contribution < -0.4 is 10.6 Å². The maximum Gasteiger partial charge on any atom is 0.242 e. The molecule has 0 aliphatic rings. The van der Waals surface area contributed by atoms with E-state index in [1.54, 1.807) is 11.8 Å². The summed E-state index contributed by atoms with van der Waals surface area (Å²) in [5.74, 6) is 0.444. The van der Waals surface area contributed by atoms with Gasteiger partial charge in [-0.25, -0.2) is 0 Å². The molecule has 0 aliphatic heterocycles. The molecule has 0 saturated carbocycles. The zero-order chi connectivity index (χ0) is 20.2. The molecule has 0 fully saturated rings. The molecule has 158 valence electrons. The van der Waals surface area contributed by atoms with Gasteiger partial charge in [0.1, 0.15) is 12.3 Å². The fourth-order valence-electron chi connectivity index (χ4n) is 2.99. The van der Waals surface area contributed by atoms with Crippen LogP contribution in [-0.2, 0) is 14.4 Å². The zero-order valence-electron chi connectivity index (χ0n) is 17.4. The highest BCUT2D eigenvalue weighted by atomic mass is 32.2. The van der Waals surface area contributed by atoms with Crippen LogP contribution in [0.3, 0.4) is 0 Å². The smallest absolute Gasteiger partial charge is 0.242 e. The maximum absolute atomic E-state index is 12.1. The van der Waals surface area contributed by atoms with Gasteiger partial charge in [-0.15, -0.1) is 0 Å². The van der Waals surface area contributed by atoms with Crippen molar-refractivity contribution in [1.29, 1.82) is 0 Å². The highest BCUT2D eigenvalue weighted by Gasteiger charge is 2.19. The average molecular weight is 401 g/mol. The first-order valence-corrected chi connectivity index (χ1v) is 12.0. The lowest BCUT2D eigenvalue weighted by atomic mass is 10.1. The SMILES string of the molecule is CCCCCCCCCCCCCC(=O)N[C@@H](CCSC)C(=O)NCC=O. The van der Waals surface area contributed by atoms with E-state index in [0.717, 1.165) is 18.6 Å². The van der Waals surface area contributed by atoms with Gasteiger partial charge < -0.3 is 15.4 Å². The zero-order valence-corrected chi connectivity index (χ0v) is 18.2. The number of hydrogen-bond donors (Lipinski definition) is 2. The first-order chi connectivity index (χ1) is 13.2. The molecule has 5 nitrogen and oxygen atoms in total. The second-order valence-corrected chi connectivity index (χ2v) is 8.08. The number of carbonyl (C=O) groups excluding carboxylic acids is 3. The monoisotopic (exact) mass is 400 g/mol. The van der Waals surface area contributed by atoms with Crippen molar-refractivity contribution in [3.8, 4) is 0 Å². The first-order valence-electron chi connectivity index (χ1n) is 10.6. The van der Waals surface area contributed by atoms with Crippen molar-refractivity contribution in [2.75, 3.05) is 18.6 Å². The summed E-state index contributed by atoms with van der Waals surface area (Å²) in [5, 5.41) is 5.34. The Hall–Kier alpha value is -1.04. The summed E-state index contributed by atoms with van der Waals surface area (Å²) >= 11 is 1.63. The quantitative estimate of drug-likeness (QED) is 0.251. The second-order valence-electron chi connectivity index (χ2n) is 7.10. The molecule has 0 radical (unpaired) electrons. The number of nitrogens with one attached hydrogen (secondary N) is 2. The molecule has 0 spiro atoms. The van der Waals surface area contributed by atoms with Gasteiger partial charge in [-0.2, -0.15) is 11.8 Å². The largest absolute Gasteiger partial charge is 0.348 e. The van der Waals surface area contributed by atoms with Crippen LogP contribution in [-0.4, -0.2) is 42.7 Å². The lowest BCUT2D eigenvalue weighted by Crippen LogP contribution is -2.47. The van der Waals surface area contributed by atoms with Gasteiger partial charge >= 0.3 is 0 Å². The van der Waals surface area contributed by atoms with Crippen molar-refractivity contribution < 1.29 is 14.4 Å². The summed E-state index contributed by atoms with van der Waals surface area (Å²) in [5.41, 5.74) is 0. The number of aldehydes is 1. The van der Waals surface area contributed by atoms with E-state index in [-0.39, 0.29) is 18.4 Å². The van der Waals surface area contributed by atoms with Gasteiger partial charge in [0.2, 0.25) is 11.8 Å². The predicted molar refractivity (Wildman–Crippen MR) is 115 cm³/mol. The lowest BCUT2D eigenvalue weighted by molar-refractivity contribution is -0.129. The minimum Gasteiger partial charge on any atom is -0.348 e. The Kier molecular flexibility index (Phi) is 19.0. The number of carbonyl (C=O) groups is 3. The second kappa shape index (κ2) is 19.7. The number of unbranched alkanes of at least 4 members (excludes halogenated alkanes) is 10. The topological polar surface area (TPSA) is 75.3 Å². The summed E-state index contributed by atoms with van der Waals surface area (Å²) in [6, 6.07) is -0.544. The van der Waals surface area contributed by atoms with Crippen molar-refractivity contribution >= 4 is 29.9 Å². The van der Waals surface area contributed by atoms with Gasteiger partial charge in [0.15, 0.2) is 0 Å². The molecular weight excluding hydrogens is 360 g/mol. The van der Waals surface area contributed by atoms with Gasteiger partial charge in [0.25, 0.3) is 0 Å². The van der Waals surface area contributed by atoms with Crippen LogP contribution in [0.5, 0.6) is 0 Å². The predicted octanol–water partition coefficient (Wildman–Crippen LogP) is 4.24. The van der Waals surface area contributed by atoms with E-state index in [0.29, 0.717) is 19.1 Å². The number of rotatable bonds is 19. The number of amides is 2. The van der Waals surface area contributed by atoms with Crippen LogP contribution in [0.25, 0.3) is 0 Å². The molecule has 0 unspecified atom stereocenters. The van der Waals surface area contributed by atoms with Gasteiger partial charge in [-0.05, 0) is 24.9 Å². The molecule has 1 atom stereocenters. The summed E-state index contributed by atoms with van der Waals surface area (Å²) in [6.07, 6.45) is 17.4. The van der Waals surface area contributed by atoms with E-state index in [4.69, 9.17) is 0 Å². The van der Waals surface area contributed by atoms with E-state index in [9.17, 15) is 14.4 Å². The van der Waals surface area contributed by atoms with E-state index in [1.165, 1.54) is 57.8 Å². The fraction of sp³-hybridized carbons (Fsp3) is 0.857. The van der Waals surface area contributed by atoms with Crippen LogP contribution in [0, 0.1) is 0 Å². The minimum absolute atomic E-state index is 0.0108. The molecule has 2 N–H and O–H groups in total. The average Bonchev–Trinajstić information content (AvgIpc) is 2.67. The molecule has 6 heteroatoms. The van der Waals surface area contributed by atoms with Crippen molar-refractivity contribution in [2.45, 2.75) is 96.4 Å². The molecule has 0 saturated heterocycles. The third-order valence-corrected chi connectivity index (χ3v) is 5.27. The number of thioether (sulfide) groups is 1. The Morgan fingerprint density at radius 3 is 2.00 bits per heavy atom. The Morgan fingerprint density at radius 1 is 0.926 bits per heavy atom. The lowest BCUT2D eigenvalue weighted by Gasteiger charge is -2.17. The molecule has 0 aromatic heterocycles. The van der Waals surface area contributed by atoms with Crippen LogP contribution in [0.1, 0.15) is 90.4 Å². The summed E-state index contributed by atoms with van der Waals surface area (Å²) in [6.45, 7) is 2.23. The minimum atomic E-state index is -0.544. The van der Waals surface area contributed by atoms with Crippen molar-refractivity contribution in [2.24, 2.45) is 0 Å². The molecule has 0 aromatic rings. The Bertz CT molecular complexity index is 392. The molecule has 0 rings (SSSR count). The van der Waals surface area contributed by atoms with Gasteiger partial charge in [-0.1, -0.05) is 71.1 Å². The van der Waals surface area contributed by atoms with Crippen LogP contribution in [0.2, 0.25) is 0 Å². The molecule has 27 heavy (non-hydrogen) atoms. The van der Waals surface area contributed by atoms with Crippen molar-refractivity contribution in [3.63, 3.8) is 0 Å². The molecule has 0 bridgehead atoms. The van der Waals surface area contributed by atoms with E-state index < -0.39 is 6.04 Å². The first kappa shape index (κ1) is 26.0. The maximum atomic E-state index is 12.1. The number of hydrogen-bond acceptors (Lipinski definition) is 4. The Morgan fingerprint density at radius 2 is 1.48 bits per heavy atom. The summed E-state index contributed by atoms with van der Waals surface area (Å²) in [7, 11) is 0. The molecule has 2 amide bonds. The van der Waals surface area contributed by atoms with Crippen molar-refractivity contribution in [3.05, 3.63) is 0 Å². The normalized spacial score (nSPS) is 11.8. The Balaban J connectivity index is 3.76. The van der Waals surface area contributed by atoms with Gasteiger partial charge in [-0.3, -0.25) is 9.59 Å². The highest BCUT2D eigenvalue weighted by molar-refractivity contribution is 7.98. The molecular formula is C21H40N2O3S. The van der Waals surface area contributed by atoms with E-state index >= 15 is 0 Å². The fourth-order valence-corrected chi connectivity index (χ4v) is 3.46. The van der Waals surface area contributed by atoms with Crippen LogP contribution in [0.4, 0.5) is 0 Å². The van der Waals surface area contributed by atoms with Crippen LogP contribution in [0.15, 0.2) is 0 Å². The summed E-state index contributed by atoms with van der Waals surface area (Å²) in [4.78, 5) is 34.5. The third kappa shape index (κ3) is 16.8. The van der Waals surface area contributed by atoms with E-state index in [2.05, 4.69) is 17.6 Å². The van der Waals surface area contributed by atoms with Gasteiger partial charge in [0, 0.05) is 6.42 Å². The summed E-state index contributed by atoms with van der Waals surface area (Å²) < 4.78 is 0.